The minimum Gasteiger partial charge on any atom is -0.353 e. The molecule has 0 aromatic carbocycles. The van der Waals surface area contributed by atoms with Crippen molar-refractivity contribution in [3.63, 3.8) is 0 Å². The average molecular weight is 234 g/mol. The van der Waals surface area contributed by atoms with Gasteiger partial charge in [0.15, 0.2) is 0 Å². The number of nitrogens with zero attached hydrogens (tertiary/aromatic N) is 1. The highest BCUT2D eigenvalue weighted by atomic mass is 16.1. The second kappa shape index (κ2) is 8.17. The Balaban J connectivity index is 2.05. The Labute approximate surface area is 105 Å². The van der Waals surface area contributed by atoms with E-state index in [2.05, 4.69) is 18.2 Å². The molecule has 0 heterocycles. The van der Waals surface area contributed by atoms with E-state index in [0.717, 1.165) is 38.4 Å². The van der Waals surface area contributed by atoms with E-state index < -0.39 is 0 Å². The minimum atomic E-state index is 0.257. The van der Waals surface area contributed by atoms with Gasteiger partial charge in [0.05, 0.1) is 0 Å². The predicted molar refractivity (Wildman–Crippen MR) is 71.0 cm³/mol. The number of rotatable bonds is 7. The van der Waals surface area contributed by atoms with Crippen molar-refractivity contribution < 1.29 is 4.79 Å². The molecule has 1 amide bonds. The molecular weight excluding hydrogens is 211 g/mol. The van der Waals surface area contributed by atoms with E-state index in [4.69, 9.17) is 5.26 Å². The molecule has 94 valence electrons. The molecule has 1 saturated carbocycles. The van der Waals surface area contributed by atoms with E-state index in [1.165, 1.54) is 12.8 Å². The van der Waals surface area contributed by atoms with Crippen LogP contribution in [0.1, 0.15) is 51.9 Å². The van der Waals surface area contributed by atoms with Crippen LogP contribution in [0.3, 0.4) is 0 Å². The molecule has 1 aliphatic carbocycles. The van der Waals surface area contributed by atoms with Crippen LogP contribution in [0.4, 0.5) is 0 Å². The first kappa shape index (κ1) is 14.1. The fraction of sp³-hybridized carbons (Fsp3) is 0.846. The Morgan fingerprint density at radius 3 is 2.82 bits per heavy atom. The van der Waals surface area contributed by atoms with Gasteiger partial charge in [-0.1, -0.05) is 32.0 Å². The van der Waals surface area contributed by atoms with Gasteiger partial charge in [0.25, 0.3) is 0 Å². The Hall–Kier alpha value is -0.975. The summed E-state index contributed by atoms with van der Waals surface area (Å²) in [6, 6.07) is 0.283. The zero-order valence-corrected chi connectivity index (χ0v) is 10.9. The quantitative estimate of drug-likeness (QED) is 0.542. The Morgan fingerprint density at radius 1 is 1.47 bits per heavy atom. The minimum absolute atomic E-state index is 0.257. The molecule has 0 radical (unpaired) electrons. The maximum atomic E-state index is 11.8. The molecule has 4 heteroatoms. The van der Waals surface area contributed by atoms with Crippen molar-refractivity contribution in [1.29, 1.82) is 5.26 Å². The molecule has 0 spiro atoms. The third-order valence-corrected chi connectivity index (χ3v) is 3.54. The Bertz CT molecular complexity index is 269. The molecule has 1 rings (SSSR count). The van der Waals surface area contributed by atoms with E-state index in [0.29, 0.717) is 7.28 Å². The van der Waals surface area contributed by atoms with Crippen LogP contribution in [0.25, 0.3) is 0 Å². The van der Waals surface area contributed by atoms with Crippen LogP contribution >= 0.6 is 0 Å². The first-order chi connectivity index (χ1) is 8.24. The number of unbranched alkanes of at least 4 members (excludes halogenated alkanes) is 1. The summed E-state index contributed by atoms with van der Waals surface area (Å²) < 4.78 is 0. The summed E-state index contributed by atoms with van der Waals surface area (Å²) in [6.45, 7) is 2.08. The molecule has 0 bridgehead atoms. The van der Waals surface area contributed by atoms with Crippen molar-refractivity contribution in [2.45, 2.75) is 64.2 Å². The van der Waals surface area contributed by atoms with Gasteiger partial charge in [0, 0.05) is 12.0 Å². The van der Waals surface area contributed by atoms with Crippen molar-refractivity contribution in [3.8, 4) is 5.97 Å². The van der Waals surface area contributed by atoms with Crippen LogP contribution in [0.5, 0.6) is 0 Å². The second-order valence-electron chi connectivity index (χ2n) is 5.15. The van der Waals surface area contributed by atoms with Crippen molar-refractivity contribution in [3.05, 3.63) is 0 Å². The number of amides is 1. The lowest BCUT2D eigenvalue weighted by molar-refractivity contribution is -0.125. The van der Waals surface area contributed by atoms with Crippen molar-refractivity contribution in [2.24, 2.45) is 5.92 Å². The smallest absolute Gasteiger partial charge is 0.250 e. The molecule has 17 heavy (non-hydrogen) atoms. The fourth-order valence-electron chi connectivity index (χ4n) is 2.45. The number of carbonyl (C=O) groups excluding carboxylic acids is 1. The summed E-state index contributed by atoms with van der Waals surface area (Å²) in [5, 5.41) is 11.5. The van der Waals surface area contributed by atoms with Crippen molar-refractivity contribution in [2.75, 3.05) is 0 Å². The number of nitrogens with one attached hydrogen (secondary N) is 1. The van der Waals surface area contributed by atoms with Gasteiger partial charge in [0.1, 0.15) is 0 Å². The summed E-state index contributed by atoms with van der Waals surface area (Å²) in [6.07, 6.45) is 8.78. The van der Waals surface area contributed by atoms with E-state index >= 15 is 0 Å². The lowest BCUT2D eigenvalue weighted by Gasteiger charge is -2.16. The first-order valence-electron chi connectivity index (χ1n) is 6.91. The zero-order chi connectivity index (χ0) is 12.5. The molecule has 0 unspecified atom stereocenters. The third-order valence-electron chi connectivity index (χ3n) is 3.54. The highest BCUT2D eigenvalue weighted by Gasteiger charge is 2.23. The summed E-state index contributed by atoms with van der Waals surface area (Å²) in [4.78, 5) is 11.8. The van der Waals surface area contributed by atoms with Gasteiger partial charge in [-0.25, -0.2) is 5.26 Å². The van der Waals surface area contributed by atoms with Gasteiger partial charge in [-0.3, -0.25) is 4.79 Å². The summed E-state index contributed by atoms with van der Waals surface area (Å²) >= 11 is 0. The van der Waals surface area contributed by atoms with E-state index in [1.807, 2.05) is 0 Å². The lowest BCUT2D eigenvalue weighted by Crippen LogP contribution is -2.36. The maximum absolute atomic E-state index is 11.8. The van der Waals surface area contributed by atoms with Crippen molar-refractivity contribution >= 4 is 13.2 Å². The van der Waals surface area contributed by atoms with Gasteiger partial charge >= 0.3 is 0 Å². The standard InChI is InChI=1S/C13H23BN2O/c1-11(6-4-5-9-14-10-15)16-13(17)12-7-2-3-8-12/h11-12,14H,2-9H2,1H3,(H,16,17)/t11-/m1/s1. The SMILES string of the molecule is C[C@H](CCCCBC#N)NC(=O)C1CCCC1. The van der Waals surface area contributed by atoms with Crippen LogP contribution in [-0.2, 0) is 4.79 Å². The van der Waals surface area contributed by atoms with Crippen LogP contribution in [0.2, 0.25) is 6.32 Å². The van der Waals surface area contributed by atoms with Crippen LogP contribution < -0.4 is 5.32 Å². The fourth-order valence-corrected chi connectivity index (χ4v) is 2.45. The molecule has 0 aromatic heterocycles. The molecule has 0 aliphatic heterocycles. The van der Waals surface area contributed by atoms with Gasteiger partial charge in [-0.15, -0.1) is 0 Å². The Morgan fingerprint density at radius 2 is 2.18 bits per heavy atom. The van der Waals surface area contributed by atoms with E-state index in [1.54, 1.807) is 0 Å². The molecule has 3 nitrogen and oxygen atoms in total. The average Bonchev–Trinajstić information content (AvgIpc) is 2.82. The summed E-state index contributed by atoms with van der Waals surface area (Å²) in [7, 11) is 0.656. The van der Waals surface area contributed by atoms with Crippen LogP contribution in [0.15, 0.2) is 0 Å². The zero-order valence-electron chi connectivity index (χ0n) is 10.9. The number of hydrogen-bond donors (Lipinski definition) is 1. The molecular formula is C13H23BN2O. The van der Waals surface area contributed by atoms with Gasteiger partial charge < -0.3 is 5.32 Å². The summed E-state index contributed by atoms with van der Waals surface area (Å²) in [5.74, 6) is 2.69. The van der Waals surface area contributed by atoms with Crippen molar-refractivity contribution in [1.82, 2.24) is 5.32 Å². The second-order valence-corrected chi connectivity index (χ2v) is 5.15. The normalized spacial score (nSPS) is 17.4. The number of carbonyl (C=O) groups is 1. The Kier molecular flexibility index (Phi) is 6.77. The lowest BCUT2D eigenvalue weighted by atomic mass is 9.75. The van der Waals surface area contributed by atoms with Gasteiger partial charge in [0.2, 0.25) is 13.2 Å². The highest BCUT2D eigenvalue weighted by Crippen LogP contribution is 2.24. The number of hydrogen-bond acceptors (Lipinski definition) is 2. The van der Waals surface area contributed by atoms with Crippen LogP contribution in [-0.4, -0.2) is 19.2 Å². The third kappa shape index (κ3) is 5.77. The highest BCUT2D eigenvalue weighted by molar-refractivity contribution is 6.44. The van der Waals surface area contributed by atoms with E-state index in [-0.39, 0.29) is 17.9 Å². The van der Waals surface area contributed by atoms with E-state index in [9.17, 15) is 4.79 Å². The topological polar surface area (TPSA) is 52.9 Å². The van der Waals surface area contributed by atoms with Crippen LogP contribution in [0, 0.1) is 17.1 Å². The molecule has 1 aliphatic rings. The molecule has 1 atom stereocenters. The molecule has 1 N–H and O–H groups in total. The molecule has 0 aromatic rings. The number of nitriles is 1. The first-order valence-corrected chi connectivity index (χ1v) is 6.91. The monoisotopic (exact) mass is 234 g/mol. The van der Waals surface area contributed by atoms with Gasteiger partial charge in [-0.05, 0) is 32.2 Å². The summed E-state index contributed by atoms with van der Waals surface area (Å²) in [5.41, 5.74) is 0. The molecule has 0 saturated heterocycles. The predicted octanol–water partition coefficient (Wildman–Crippen LogP) is 2.19. The van der Waals surface area contributed by atoms with Gasteiger partial charge in [-0.2, -0.15) is 0 Å². The largest absolute Gasteiger partial charge is 0.353 e. The maximum Gasteiger partial charge on any atom is 0.250 e. The molecule has 1 fully saturated rings.